The van der Waals surface area contributed by atoms with Crippen LogP contribution in [0.3, 0.4) is 0 Å². The Bertz CT molecular complexity index is 1300. The van der Waals surface area contributed by atoms with Crippen molar-refractivity contribution in [2.45, 2.75) is 12.6 Å². The zero-order chi connectivity index (χ0) is 24.1. The Morgan fingerprint density at radius 3 is 2.44 bits per heavy atom. The number of furan rings is 1. The van der Waals surface area contributed by atoms with Crippen LogP contribution in [0.5, 0.6) is 5.75 Å². The van der Waals surface area contributed by atoms with Crippen molar-refractivity contribution in [2.75, 3.05) is 17.3 Å². The number of hydrogen-bond donors (Lipinski definition) is 0. The SMILES string of the molecule is O=C(OCC(=O)N(c1ccccc1)[C@@H]1C=CS(=O)(=O)C1)c1ccc(COc2ccc(F)cc2)o1. The van der Waals surface area contributed by atoms with E-state index in [1.807, 2.05) is 0 Å². The second-order valence-corrected chi connectivity index (χ2v) is 9.34. The molecule has 176 valence electrons. The van der Waals surface area contributed by atoms with E-state index in [-0.39, 0.29) is 23.9 Å². The van der Waals surface area contributed by atoms with E-state index < -0.39 is 34.4 Å². The number of para-hydroxylation sites is 1. The molecule has 34 heavy (non-hydrogen) atoms. The third-order valence-electron chi connectivity index (χ3n) is 4.93. The number of ether oxygens (including phenoxy) is 2. The molecule has 8 nitrogen and oxygen atoms in total. The molecule has 1 aromatic heterocycles. The highest BCUT2D eigenvalue weighted by Crippen LogP contribution is 2.23. The molecule has 0 bridgehead atoms. The molecule has 0 saturated carbocycles. The second-order valence-electron chi connectivity index (χ2n) is 7.41. The summed E-state index contributed by atoms with van der Waals surface area (Å²) in [7, 11) is -3.41. The van der Waals surface area contributed by atoms with Crippen LogP contribution in [0.2, 0.25) is 0 Å². The van der Waals surface area contributed by atoms with E-state index in [1.165, 1.54) is 47.4 Å². The first-order valence-electron chi connectivity index (χ1n) is 10.2. The van der Waals surface area contributed by atoms with Crippen LogP contribution in [0.25, 0.3) is 0 Å². The first-order valence-corrected chi connectivity index (χ1v) is 11.9. The highest BCUT2D eigenvalue weighted by Gasteiger charge is 2.32. The lowest BCUT2D eigenvalue weighted by Crippen LogP contribution is -2.43. The molecule has 1 aliphatic rings. The first kappa shape index (κ1) is 23.2. The van der Waals surface area contributed by atoms with E-state index in [2.05, 4.69) is 0 Å². The van der Waals surface area contributed by atoms with Crippen LogP contribution < -0.4 is 9.64 Å². The predicted molar refractivity (Wildman–Crippen MR) is 120 cm³/mol. The lowest BCUT2D eigenvalue weighted by atomic mass is 10.2. The van der Waals surface area contributed by atoms with E-state index >= 15 is 0 Å². The fourth-order valence-electron chi connectivity index (χ4n) is 3.35. The van der Waals surface area contributed by atoms with E-state index in [0.29, 0.717) is 17.2 Å². The Morgan fingerprint density at radius 1 is 1.03 bits per heavy atom. The van der Waals surface area contributed by atoms with Crippen LogP contribution in [0.1, 0.15) is 16.3 Å². The smallest absolute Gasteiger partial charge is 0.374 e. The number of anilines is 1. The number of nitrogens with zero attached hydrogens (tertiary/aromatic N) is 1. The van der Waals surface area contributed by atoms with Gasteiger partial charge in [-0.05, 0) is 54.6 Å². The number of hydrogen-bond acceptors (Lipinski definition) is 7. The van der Waals surface area contributed by atoms with E-state index in [0.717, 1.165) is 5.41 Å². The van der Waals surface area contributed by atoms with Gasteiger partial charge in [0.2, 0.25) is 5.76 Å². The van der Waals surface area contributed by atoms with E-state index in [1.54, 1.807) is 30.3 Å². The van der Waals surface area contributed by atoms with Crippen molar-refractivity contribution in [1.82, 2.24) is 0 Å². The number of halogens is 1. The van der Waals surface area contributed by atoms with Crippen molar-refractivity contribution in [3.8, 4) is 5.75 Å². The van der Waals surface area contributed by atoms with Gasteiger partial charge in [0.1, 0.15) is 23.9 Å². The van der Waals surface area contributed by atoms with E-state index in [4.69, 9.17) is 13.9 Å². The van der Waals surface area contributed by atoms with Gasteiger partial charge in [-0.2, -0.15) is 0 Å². The topological polar surface area (TPSA) is 103 Å². The summed E-state index contributed by atoms with van der Waals surface area (Å²) in [6.07, 6.45) is 1.43. The maximum atomic E-state index is 13.0. The summed E-state index contributed by atoms with van der Waals surface area (Å²) in [6.45, 7) is -0.609. The van der Waals surface area contributed by atoms with Gasteiger partial charge in [-0.3, -0.25) is 4.79 Å². The third kappa shape index (κ3) is 5.70. The lowest BCUT2D eigenvalue weighted by molar-refractivity contribution is -0.121. The van der Waals surface area contributed by atoms with Crippen LogP contribution in [0, 0.1) is 5.82 Å². The average molecular weight is 485 g/mol. The maximum Gasteiger partial charge on any atom is 0.374 e. The summed E-state index contributed by atoms with van der Waals surface area (Å²) in [6, 6.07) is 16.2. The van der Waals surface area contributed by atoms with Crippen molar-refractivity contribution in [3.05, 3.63) is 95.6 Å². The molecule has 1 atom stereocenters. The number of rotatable bonds is 8. The zero-order valence-corrected chi connectivity index (χ0v) is 18.6. The molecule has 0 N–H and O–H groups in total. The summed E-state index contributed by atoms with van der Waals surface area (Å²) in [5.74, 6) is -1.45. The van der Waals surface area contributed by atoms with Crippen LogP contribution in [0.4, 0.5) is 10.1 Å². The Balaban J connectivity index is 1.37. The van der Waals surface area contributed by atoms with Crippen molar-refractivity contribution in [2.24, 2.45) is 0 Å². The third-order valence-corrected chi connectivity index (χ3v) is 6.31. The number of benzene rings is 2. The lowest BCUT2D eigenvalue weighted by Gasteiger charge is -2.27. The van der Waals surface area contributed by atoms with Gasteiger partial charge in [-0.15, -0.1) is 0 Å². The fourth-order valence-corrected chi connectivity index (χ4v) is 4.62. The minimum absolute atomic E-state index is 0.00210. The van der Waals surface area contributed by atoms with Crippen molar-refractivity contribution < 1.29 is 36.3 Å². The van der Waals surface area contributed by atoms with Crippen molar-refractivity contribution in [3.63, 3.8) is 0 Å². The van der Waals surface area contributed by atoms with Gasteiger partial charge in [0.15, 0.2) is 16.4 Å². The van der Waals surface area contributed by atoms with Crippen molar-refractivity contribution >= 4 is 27.4 Å². The quantitative estimate of drug-likeness (QED) is 0.450. The second kappa shape index (κ2) is 9.92. The number of carbonyl (C=O) groups excluding carboxylic acids is 2. The Labute approximate surface area is 195 Å². The summed E-state index contributed by atoms with van der Waals surface area (Å²) in [4.78, 5) is 26.6. The molecule has 0 unspecified atom stereocenters. The number of carbonyl (C=O) groups is 2. The van der Waals surface area contributed by atoms with Crippen LogP contribution in [-0.4, -0.2) is 38.7 Å². The largest absolute Gasteiger partial charge is 0.486 e. The maximum absolute atomic E-state index is 13.0. The highest BCUT2D eigenvalue weighted by atomic mass is 32.2. The molecule has 1 aliphatic heterocycles. The molecule has 1 amide bonds. The molecule has 2 heterocycles. The molecule has 0 radical (unpaired) electrons. The van der Waals surface area contributed by atoms with E-state index in [9.17, 15) is 22.4 Å². The van der Waals surface area contributed by atoms with Gasteiger partial charge >= 0.3 is 5.97 Å². The summed E-state index contributed by atoms with van der Waals surface area (Å²) in [5, 5.41) is 1.07. The molecular weight excluding hydrogens is 465 g/mol. The summed E-state index contributed by atoms with van der Waals surface area (Å²) >= 11 is 0. The minimum Gasteiger partial charge on any atom is -0.486 e. The Hall–Kier alpha value is -3.92. The molecule has 4 rings (SSSR count). The standard InChI is InChI=1S/C24H20FNO7S/c25-17-6-8-20(9-7-17)31-14-21-10-11-22(33-21)24(28)32-15-23(27)26(18-4-2-1-3-5-18)19-12-13-34(29,30)16-19/h1-13,19H,14-16H2/t19-/m1/s1. The van der Waals surface area contributed by atoms with Gasteiger partial charge < -0.3 is 18.8 Å². The number of amides is 1. The zero-order valence-electron chi connectivity index (χ0n) is 17.8. The van der Waals surface area contributed by atoms with Gasteiger partial charge in [0.25, 0.3) is 5.91 Å². The van der Waals surface area contributed by atoms with Crippen LogP contribution >= 0.6 is 0 Å². The van der Waals surface area contributed by atoms with Gasteiger partial charge in [-0.1, -0.05) is 18.2 Å². The Morgan fingerprint density at radius 2 is 1.76 bits per heavy atom. The fraction of sp³-hybridized carbons (Fsp3) is 0.167. The molecule has 0 fully saturated rings. The molecule has 3 aromatic rings. The number of esters is 1. The normalized spacial score (nSPS) is 16.2. The molecule has 0 aliphatic carbocycles. The first-order chi connectivity index (χ1) is 16.3. The monoisotopic (exact) mass is 485 g/mol. The van der Waals surface area contributed by atoms with Crippen molar-refractivity contribution in [1.29, 1.82) is 0 Å². The molecule has 10 heteroatoms. The van der Waals surface area contributed by atoms with Crippen LogP contribution in [0.15, 0.2) is 82.6 Å². The average Bonchev–Trinajstić information content (AvgIpc) is 3.44. The molecular formula is C24H20FNO7S. The minimum atomic E-state index is -3.41. The van der Waals surface area contributed by atoms with Gasteiger partial charge in [-0.25, -0.2) is 17.6 Å². The van der Waals surface area contributed by atoms with Gasteiger partial charge in [0.05, 0.1) is 11.8 Å². The molecule has 0 spiro atoms. The number of sulfone groups is 1. The summed E-state index contributed by atoms with van der Waals surface area (Å²) < 4.78 is 52.7. The molecule has 2 aromatic carbocycles. The summed E-state index contributed by atoms with van der Waals surface area (Å²) in [5.41, 5.74) is 0.480. The molecule has 0 saturated heterocycles. The Kier molecular flexibility index (Phi) is 6.78. The van der Waals surface area contributed by atoms with Crippen LogP contribution in [-0.2, 0) is 26.0 Å². The predicted octanol–water partition coefficient (Wildman–Crippen LogP) is 3.50. The van der Waals surface area contributed by atoms with Gasteiger partial charge in [0, 0.05) is 11.1 Å². The highest BCUT2D eigenvalue weighted by molar-refractivity contribution is 7.94.